The summed E-state index contributed by atoms with van der Waals surface area (Å²) in [6, 6.07) is 8.38. The molecule has 1 saturated carbocycles. The van der Waals surface area contributed by atoms with E-state index in [1.165, 1.54) is 18.4 Å². The largest absolute Gasteiger partial charge is 0.494 e. The zero-order chi connectivity index (χ0) is 9.97. The fourth-order valence-electron chi connectivity index (χ4n) is 1.68. The van der Waals surface area contributed by atoms with Crippen molar-refractivity contribution in [3.8, 4) is 5.75 Å². The Hall–Kier alpha value is -1.02. The van der Waals surface area contributed by atoms with E-state index in [0.717, 1.165) is 5.75 Å². The minimum atomic E-state index is 0.227. The Balaban J connectivity index is 2.04. The molecule has 14 heavy (non-hydrogen) atoms. The van der Waals surface area contributed by atoms with Gasteiger partial charge in [0.1, 0.15) is 5.75 Å². The summed E-state index contributed by atoms with van der Waals surface area (Å²) >= 11 is 0. The molecular weight excluding hydrogens is 174 g/mol. The molecule has 1 aliphatic rings. The van der Waals surface area contributed by atoms with Gasteiger partial charge in [-0.1, -0.05) is 12.1 Å². The van der Waals surface area contributed by atoms with Crippen LogP contribution in [0.1, 0.15) is 31.4 Å². The van der Waals surface area contributed by atoms with Gasteiger partial charge in [-0.15, -0.1) is 0 Å². The second-order valence-electron chi connectivity index (χ2n) is 3.87. The van der Waals surface area contributed by atoms with Crippen LogP contribution >= 0.6 is 0 Å². The van der Waals surface area contributed by atoms with Crippen LogP contribution in [0.4, 0.5) is 0 Å². The molecule has 1 unspecified atom stereocenters. The molecule has 2 heteroatoms. The number of hydrogen-bond donors (Lipinski definition) is 1. The molecule has 76 valence electrons. The Bertz CT molecular complexity index is 290. The highest BCUT2D eigenvalue weighted by Gasteiger charge is 2.29. The van der Waals surface area contributed by atoms with Crippen molar-refractivity contribution < 1.29 is 4.74 Å². The first-order valence-corrected chi connectivity index (χ1v) is 5.29. The molecule has 1 atom stereocenters. The first kappa shape index (κ1) is 9.53. The summed E-state index contributed by atoms with van der Waals surface area (Å²) in [5.74, 6) is 1.65. The number of ether oxygens (including phenoxy) is 1. The first-order chi connectivity index (χ1) is 6.81. The quantitative estimate of drug-likeness (QED) is 0.793. The van der Waals surface area contributed by atoms with Crippen molar-refractivity contribution in [1.29, 1.82) is 0 Å². The van der Waals surface area contributed by atoms with Crippen LogP contribution in [-0.2, 0) is 0 Å². The van der Waals surface area contributed by atoms with E-state index in [9.17, 15) is 0 Å². The maximum atomic E-state index is 6.08. The van der Waals surface area contributed by atoms with Gasteiger partial charge < -0.3 is 10.5 Å². The van der Waals surface area contributed by atoms with Crippen LogP contribution in [0.25, 0.3) is 0 Å². The fraction of sp³-hybridized carbons (Fsp3) is 0.500. The molecule has 0 spiro atoms. The van der Waals surface area contributed by atoms with E-state index in [2.05, 4.69) is 12.1 Å². The van der Waals surface area contributed by atoms with Gasteiger partial charge in [-0.25, -0.2) is 0 Å². The summed E-state index contributed by atoms with van der Waals surface area (Å²) in [7, 11) is 0. The van der Waals surface area contributed by atoms with Crippen molar-refractivity contribution in [3.05, 3.63) is 29.8 Å². The van der Waals surface area contributed by atoms with Crippen molar-refractivity contribution in [3.63, 3.8) is 0 Å². The molecule has 0 bridgehead atoms. The molecule has 0 aliphatic heterocycles. The summed E-state index contributed by atoms with van der Waals surface area (Å²) in [5.41, 5.74) is 7.32. The average molecular weight is 191 g/mol. The van der Waals surface area contributed by atoms with Crippen LogP contribution < -0.4 is 10.5 Å². The van der Waals surface area contributed by atoms with E-state index < -0.39 is 0 Å². The second kappa shape index (κ2) is 4.01. The van der Waals surface area contributed by atoms with Crippen LogP contribution in [0.5, 0.6) is 5.75 Å². The maximum Gasteiger partial charge on any atom is 0.119 e. The van der Waals surface area contributed by atoms with Gasteiger partial charge in [-0.2, -0.15) is 0 Å². The zero-order valence-electron chi connectivity index (χ0n) is 8.57. The summed E-state index contributed by atoms with van der Waals surface area (Å²) in [4.78, 5) is 0. The minimum absolute atomic E-state index is 0.227. The molecule has 1 aliphatic carbocycles. The standard InChI is InChI=1S/C12H17NO/c1-2-14-11-7-5-10(6-8-11)12(13)9-3-4-9/h5-9,12H,2-4,13H2,1H3. The lowest BCUT2D eigenvalue weighted by molar-refractivity contribution is 0.340. The van der Waals surface area contributed by atoms with Gasteiger partial charge in [0.05, 0.1) is 6.61 Å². The van der Waals surface area contributed by atoms with Crippen LogP contribution in [0.15, 0.2) is 24.3 Å². The average Bonchev–Trinajstić information content (AvgIpc) is 3.02. The van der Waals surface area contributed by atoms with Crippen molar-refractivity contribution in [2.24, 2.45) is 11.7 Å². The van der Waals surface area contributed by atoms with Gasteiger partial charge >= 0.3 is 0 Å². The third-order valence-electron chi connectivity index (χ3n) is 2.71. The van der Waals surface area contributed by atoms with E-state index in [1.807, 2.05) is 19.1 Å². The van der Waals surface area contributed by atoms with Gasteiger partial charge in [0.2, 0.25) is 0 Å². The molecular formula is C12H17NO. The Labute approximate surface area is 85.1 Å². The molecule has 0 heterocycles. The number of nitrogens with two attached hydrogens (primary N) is 1. The van der Waals surface area contributed by atoms with E-state index >= 15 is 0 Å². The lowest BCUT2D eigenvalue weighted by Crippen LogP contribution is -2.11. The van der Waals surface area contributed by atoms with E-state index in [1.54, 1.807) is 0 Å². The lowest BCUT2D eigenvalue weighted by Gasteiger charge is -2.11. The zero-order valence-corrected chi connectivity index (χ0v) is 8.57. The highest BCUT2D eigenvalue weighted by Crippen LogP contribution is 2.39. The predicted octanol–water partition coefficient (Wildman–Crippen LogP) is 2.50. The highest BCUT2D eigenvalue weighted by molar-refractivity contribution is 5.29. The molecule has 2 N–H and O–H groups in total. The molecule has 0 amide bonds. The highest BCUT2D eigenvalue weighted by atomic mass is 16.5. The minimum Gasteiger partial charge on any atom is -0.494 e. The Morgan fingerprint density at radius 3 is 2.50 bits per heavy atom. The van der Waals surface area contributed by atoms with Crippen molar-refractivity contribution in [1.82, 2.24) is 0 Å². The number of benzene rings is 1. The third-order valence-corrected chi connectivity index (χ3v) is 2.71. The van der Waals surface area contributed by atoms with Crippen LogP contribution in [0.3, 0.4) is 0 Å². The summed E-state index contributed by atoms with van der Waals surface area (Å²) in [6.45, 7) is 2.71. The maximum absolute atomic E-state index is 6.08. The van der Waals surface area contributed by atoms with Gasteiger partial charge in [0.15, 0.2) is 0 Å². The number of hydrogen-bond acceptors (Lipinski definition) is 2. The fourth-order valence-corrected chi connectivity index (χ4v) is 1.68. The number of rotatable bonds is 4. The van der Waals surface area contributed by atoms with Gasteiger partial charge in [0, 0.05) is 6.04 Å². The topological polar surface area (TPSA) is 35.2 Å². The van der Waals surface area contributed by atoms with Crippen LogP contribution in [0, 0.1) is 5.92 Å². The lowest BCUT2D eigenvalue weighted by atomic mass is 10.0. The molecule has 0 aromatic heterocycles. The predicted molar refractivity (Wildman–Crippen MR) is 57.3 cm³/mol. The van der Waals surface area contributed by atoms with Gasteiger partial charge in [0.25, 0.3) is 0 Å². The van der Waals surface area contributed by atoms with Crippen LogP contribution in [-0.4, -0.2) is 6.61 Å². The van der Waals surface area contributed by atoms with Crippen molar-refractivity contribution >= 4 is 0 Å². The normalized spacial score (nSPS) is 17.9. The van der Waals surface area contributed by atoms with Crippen molar-refractivity contribution in [2.45, 2.75) is 25.8 Å². The molecule has 0 radical (unpaired) electrons. The van der Waals surface area contributed by atoms with E-state index in [-0.39, 0.29) is 6.04 Å². The van der Waals surface area contributed by atoms with Gasteiger partial charge in [-0.05, 0) is 43.4 Å². The Morgan fingerprint density at radius 2 is 2.00 bits per heavy atom. The molecule has 2 rings (SSSR count). The summed E-state index contributed by atoms with van der Waals surface area (Å²) in [5, 5.41) is 0. The Kier molecular flexibility index (Phi) is 2.73. The summed E-state index contributed by atoms with van der Waals surface area (Å²) in [6.07, 6.45) is 2.57. The van der Waals surface area contributed by atoms with Crippen LogP contribution in [0.2, 0.25) is 0 Å². The first-order valence-electron chi connectivity index (χ1n) is 5.29. The molecule has 1 fully saturated rings. The molecule has 2 nitrogen and oxygen atoms in total. The summed E-state index contributed by atoms with van der Waals surface area (Å²) < 4.78 is 5.38. The third kappa shape index (κ3) is 2.07. The molecule has 1 aromatic rings. The smallest absolute Gasteiger partial charge is 0.119 e. The van der Waals surface area contributed by atoms with Crippen molar-refractivity contribution in [2.75, 3.05) is 6.61 Å². The van der Waals surface area contributed by atoms with E-state index in [0.29, 0.717) is 12.5 Å². The van der Waals surface area contributed by atoms with E-state index in [4.69, 9.17) is 10.5 Å². The molecule has 0 saturated heterocycles. The second-order valence-corrected chi connectivity index (χ2v) is 3.87. The monoisotopic (exact) mass is 191 g/mol. The Morgan fingerprint density at radius 1 is 1.36 bits per heavy atom. The molecule has 1 aromatic carbocycles. The SMILES string of the molecule is CCOc1ccc(C(N)C2CC2)cc1. The van der Waals surface area contributed by atoms with Gasteiger partial charge in [-0.3, -0.25) is 0 Å².